The molecule has 0 saturated carbocycles. The van der Waals surface area contributed by atoms with Gasteiger partial charge in [-0.2, -0.15) is 0 Å². The first-order valence-corrected chi connectivity index (χ1v) is 9.38. The van der Waals surface area contributed by atoms with E-state index in [4.69, 9.17) is 5.73 Å². The van der Waals surface area contributed by atoms with Gasteiger partial charge in [-0.05, 0) is 34.7 Å². The third kappa shape index (κ3) is 3.29. The molecule has 3 aromatic rings. The van der Waals surface area contributed by atoms with Gasteiger partial charge in [0.1, 0.15) is 6.04 Å². The highest BCUT2D eigenvalue weighted by molar-refractivity contribution is 5.98. The van der Waals surface area contributed by atoms with Crippen LogP contribution in [0, 0.1) is 6.92 Å². The Balaban J connectivity index is 1.62. The van der Waals surface area contributed by atoms with Crippen LogP contribution in [0.3, 0.4) is 0 Å². The number of hydrogen-bond acceptors (Lipinski definition) is 2. The summed E-state index contributed by atoms with van der Waals surface area (Å²) in [7, 11) is 0. The van der Waals surface area contributed by atoms with Crippen molar-refractivity contribution < 1.29 is 9.59 Å². The van der Waals surface area contributed by atoms with Crippen LogP contribution in [0.4, 0.5) is 0 Å². The van der Waals surface area contributed by atoms with Crippen LogP contribution >= 0.6 is 0 Å². The average molecular weight is 370 g/mol. The van der Waals surface area contributed by atoms with Crippen molar-refractivity contribution in [3.63, 3.8) is 0 Å². The Morgan fingerprint density at radius 3 is 2.11 bits per heavy atom. The molecule has 0 radical (unpaired) electrons. The third-order valence-electron chi connectivity index (χ3n) is 5.28. The van der Waals surface area contributed by atoms with Crippen LogP contribution in [0.1, 0.15) is 28.2 Å². The minimum Gasteiger partial charge on any atom is -0.368 e. The molecule has 1 atom stereocenters. The fourth-order valence-corrected chi connectivity index (χ4v) is 3.99. The molecule has 1 aliphatic carbocycles. The fraction of sp³-hybridized carbons (Fsp3) is 0.167. The molecule has 4 nitrogen and oxygen atoms in total. The zero-order valence-corrected chi connectivity index (χ0v) is 15.7. The maximum atomic E-state index is 13.2. The molecule has 0 fully saturated rings. The van der Waals surface area contributed by atoms with Crippen LogP contribution in [0.25, 0.3) is 11.1 Å². The minimum atomic E-state index is -0.755. The molecule has 3 N–H and O–H groups in total. The molecule has 0 unspecified atom stereocenters. The van der Waals surface area contributed by atoms with Crippen molar-refractivity contribution >= 4 is 11.8 Å². The highest BCUT2D eigenvalue weighted by Crippen LogP contribution is 2.44. The molecule has 0 saturated heterocycles. The highest BCUT2D eigenvalue weighted by Gasteiger charge is 2.34. The van der Waals surface area contributed by atoms with Gasteiger partial charge in [-0.25, -0.2) is 0 Å². The molecular weight excluding hydrogens is 348 g/mol. The van der Waals surface area contributed by atoms with Crippen molar-refractivity contribution in [3.8, 4) is 11.1 Å². The Bertz CT molecular complexity index is 1010. The van der Waals surface area contributed by atoms with E-state index in [2.05, 4.69) is 5.32 Å². The molecule has 28 heavy (non-hydrogen) atoms. The number of nitrogens with one attached hydrogen (secondary N) is 1. The van der Waals surface area contributed by atoms with E-state index in [-0.39, 0.29) is 5.91 Å². The van der Waals surface area contributed by atoms with Gasteiger partial charge >= 0.3 is 0 Å². The molecule has 0 aromatic heterocycles. The minimum absolute atomic E-state index is 0.200. The lowest BCUT2D eigenvalue weighted by atomic mass is 9.95. The number of amides is 2. The van der Waals surface area contributed by atoms with E-state index in [0.717, 1.165) is 33.4 Å². The quantitative estimate of drug-likeness (QED) is 0.723. The molecular formula is C24H22N2O2. The lowest BCUT2D eigenvalue weighted by Gasteiger charge is -2.20. The number of carbonyl (C=O) groups excluding carboxylic acids is 2. The zero-order chi connectivity index (χ0) is 19.7. The van der Waals surface area contributed by atoms with Gasteiger partial charge in [-0.1, -0.05) is 78.4 Å². The van der Waals surface area contributed by atoms with E-state index in [0.29, 0.717) is 6.42 Å². The summed E-state index contributed by atoms with van der Waals surface area (Å²) in [5.74, 6) is -1.17. The molecule has 0 spiro atoms. The summed E-state index contributed by atoms with van der Waals surface area (Å²) in [5, 5.41) is 2.89. The molecule has 3 aromatic carbocycles. The Morgan fingerprint density at radius 2 is 1.54 bits per heavy atom. The molecule has 4 rings (SSSR count). The van der Waals surface area contributed by atoms with Crippen LogP contribution in [-0.2, 0) is 16.0 Å². The topological polar surface area (TPSA) is 72.2 Å². The van der Waals surface area contributed by atoms with Gasteiger partial charge in [0, 0.05) is 6.42 Å². The Hall–Kier alpha value is -3.40. The van der Waals surface area contributed by atoms with E-state index in [1.54, 1.807) is 0 Å². The van der Waals surface area contributed by atoms with E-state index in [9.17, 15) is 9.59 Å². The molecule has 0 bridgehead atoms. The second kappa shape index (κ2) is 7.31. The number of nitrogens with two attached hydrogens (primary N) is 1. The van der Waals surface area contributed by atoms with E-state index in [1.165, 1.54) is 0 Å². The summed E-state index contributed by atoms with van der Waals surface area (Å²) in [5.41, 5.74) is 11.7. The standard InChI is InChI=1S/C24H22N2O2/c1-15-7-6-8-16(13-15)14-21(23(25)27)26-24(28)22-19-11-4-2-9-17(19)18-10-3-5-12-20(18)22/h2-13,21-22H,14H2,1H3,(H2,25,27)(H,26,28)/t21-/m0/s1. The SMILES string of the molecule is Cc1cccc(C[C@H](NC(=O)C2c3ccccc3-c3ccccc32)C(N)=O)c1. The van der Waals surface area contributed by atoms with E-state index < -0.39 is 17.9 Å². The van der Waals surface area contributed by atoms with Gasteiger partial charge in [0.2, 0.25) is 11.8 Å². The summed E-state index contributed by atoms with van der Waals surface area (Å²) < 4.78 is 0. The second-order valence-electron chi connectivity index (χ2n) is 7.26. The van der Waals surface area contributed by atoms with Crippen LogP contribution in [0.5, 0.6) is 0 Å². The van der Waals surface area contributed by atoms with Gasteiger partial charge in [-0.15, -0.1) is 0 Å². The number of primary amides is 1. The molecule has 140 valence electrons. The summed E-state index contributed by atoms with van der Waals surface area (Å²) in [6, 6.07) is 22.9. The maximum absolute atomic E-state index is 13.2. The average Bonchev–Trinajstić information content (AvgIpc) is 3.02. The van der Waals surface area contributed by atoms with Gasteiger partial charge in [0.05, 0.1) is 5.92 Å². The lowest BCUT2D eigenvalue weighted by molar-refractivity contribution is -0.127. The number of hydrogen-bond donors (Lipinski definition) is 2. The third-order valence-corrected chi connectivity index (χ3v) is 5.28. The number of fused-ring (bicyclic) bond motifs is 3. The smallest absolute Gasteiger partial charge is 0.240 e. The van der Waals surface area contributed by atoms with Crippen LogP contribution in [0.2, 0.25) is 0 Å². The van der Waals surface area contributed by atoms with Crippen LogP contribution in [-0.4, -0.2) is 17.9 Å². The van der Waals surface area contributed by atoms with Gasteiger partial charge < -0.3 is 11.1 Å². The van der Waals surface area contributed by atoms with Crippen molar-refractivity contribution in [2.75, 3.05) is 0 Å². The monoisotopic (exact) mass is 370 g/mol. The Labute approximate surface area is 164 Å². The van der Waals surface area contributed by atoms with Gasteiger partial charge in [0.25, 0.3) is 0 Å². The van der Waals surface area contributed by atoms with Crippen LogP contribution < -0.4 is 11.1 Å². The summed E-state index contributed by atoms with van der Waals surface area (Å²) in [6.07, 6.45) is 0.374. The highest BCUT2D eigenvalue weighted by atomic mass is 16.2. The van der Waals surface area contributed by atoms with Crippen molar-refractivity contribution in [3.05, 3.63) is 95.1 Å². The summed E-state index contributed by atoms with van der Waals surface area (Å²) >= 11 is 0. The Morgan fingerprint density at radius 1 is 0.929 bits per heavy atom. The first kappa shape index (κ1) is 18.0. The van der Waals surface area contributed by atoms with Crippen molar-refractivity contribution in [1.82, 2.24) is 5.32 Å². The predicted octanol–water partition coefficient (Wildman–Crippen LogP) is 3.32. The van der Waals surface area contributed by atoms with E-state index >= 15 is 0 Å². The summed E-state index contributed by atoms with van der Waals surface area (Å²) in [6.45, 7) is 1.99. The molecule has 4 heteroatoms. The van der Waals surface area contributed by atoms with Crippen molar-refractivity contribution in [2.45, 2.75) is 25.3 Å². The number of benzene rings is 3. The fourth-order valence-electron chi connectivity index (χ4n) is 3.99. The van der Waals surface area contributed by atoms with Crippen molar-refractivity contribution in [2.24, 2.45) is 5.73 Å². The number of carbonyl (C=O) groups is 2. The maximum Gasteiger partial charge on any atom is 0.240 e. The largest absolute Gasteiger partial charge is 0.368 e. The normalized spacial score (nSPS) is 13.5. The van der Waals surface area contributed by atoms with Crippen LogP contribution in [0.15, 0.2) is 72.8 Å². The van der Waals surface area contributed by atoms with Crippen molar-refractivity contribution in [1.29, 1.82) is 0 Å². The predicted molar refractivity (Wildman–Crippen MR) is 110 cm³/mol. The summed E-state index contributed by atoms with van der Waals surface area (Å²) in [4.78, 5) is 25.3. The second-order valence-corrected chi connectivity index (χ2v) is 7.26. The molecule has 0 heterocycles. The van der Waals surface area contributed by atoms with Gasteiger partial charge in [-0.3, -0.25) is 9.59 Å². The molecule has 1 aliphatic rings. The number of aryl methyl sites for hydroxylation is 1. The zero-order valence-electron chi connectivity index (χ0n) is 15.7. The molecule has 0 aliphatic heterocycles. The Kier molecular flexibility index (Phi) is 4.70. The molecule has 2 amide bonds. The van der Waals surface area contributed by atoms with E-state index in [1.807, 2.05) is 79.7 Å². The van der Waals surface area contributed by atoms with Gasteiger partial charge in [0.15, 0.2) is 0 Å². The number of rotatable bonds is 5. The first-order valence-electron chi connectivity index (χ1n) is 9.38. The lowest BCUT2D eigenvalue weighted by Crippen LogP contribution is -2.47. The first-order chi connectivity index (χ1) is 13.5.